The molecule has 0 bridgehead atoms. The van der Waals surface area contributed by atoms with E-state index < -0.39 is 0 Å². The van der Waals surface area contributed by atoms with E-state index in [1.165, 1.54) is 55.6 Å². The van der Waals surface area contributed by atoms with Crippen molar-refractivity contribution < 1.29 is 13.3 Å². The van der Waals surface area contributed by atoms with Gasteiger partial charge in [0.05, 0.1) is 5.69 Å². The van der Waals surface area contributed by atoms with E-state index in [9.17, 15) is 0 Å². The molecule has 0 aliphatic carbocycles. The minimum Gasteiger partial charge on any atom is -0.456 e. The number of anilines is 6. The van der Waals surface area contributed by atoms with Crippen LogP contribution >= 0.6 is 0 Å². The average molecular weight is 1140 g/mol. The zero-order valence-corrected chi connectivity index (χ0v) is 48.5. The van der Waals surface area contributed by atoms with Gasteiger partial charge in [-0.1, -0.05) is 231 Å². The Hall–Kier alpha value is -11.9. The zero-order chi connectivity index (χ0) is 59.0. The van der Waals surface area contributed by atoms with Crippen molar-refractivity contribution >= 4 is 99.9 Å². The Morgan fingerprint density at radius 1 is 0.169 bits per heavy atom. The Balaban J connectivity index is 0.000000146. The molecule has 0 aliphatic rings. The molecule has 0 spiro atoms. The molecule has 0 saturated carbocycles. The highest BCUT2D eigenvalue weighted by atomic mass is 16.3. The first-order valence-corrected chi connectivity index (χ1v) is 30.1. The second-order valence-electron chi connectivity index (χ2n) is 22.4. The van der Waals surface area contributed by atoms with Gasteiger partial charge in [0, 0.05) is 90.1 Å². The molecule has 0 amide bonds. The molecule has 14 aromatic carbocycles. The molecule has 17 aromatic rings. The van der Waals surface area contributed by atoms with Gasteiger partial charge >= 0.3 is 0 Å². The largest absolute Gasteiger partial charge is 0.456 e. The molecule has 17 rings (SSSR count). The minimum atomic E-state index is 0.846. The van der Waals surface area contributed by atoms with Crippen molar-refractivity contribution in [3.8, 4) is 55.6 Å². The molecule has 0 aliphatic heterocycles. The number of nitrogens with zero attached hydrogens (tertiary/aromatic N) is 2. The average Bonchev–Trinajstić information content (AvgIpc) is 2.92. The van der Waals surface area contributed by atoms with Gasteiger partial charge in [-0.3, -0.25) is 0 Å². The van der Waals surface area contributed by atoms with Crippen molar-refractivity contribution in [2.75, 3.05) is 9.80 Å². The highest BCUT2D eigenvalue weighted by Crippen LogP contribution is 2.50. The summed E-state index contributed by atoms with van der Waals surface area (Å²) in [5.74, 6) is 0. The van der Waals surface area contributed by atoms with Crippen molar-refractivity contribution in [2.45, 2.75) is 0 Å². The summed E-state index contributed by atoms with van der Waals surface area (Å²) in [7, 11) is 0. The lowest BCUT2D eigenvalue weighted by Gasteiger charge is -2.31. The first kappa shape index (κ1) is 52.6. The summed E-state index contributed by atoms with van der Waals surface area (Å²) in [6, 6.07) is 120. The lowest BCUT2D eigenvalue weighted by Crippen LogP contribution is -2.13. The number of para-hydroxylation sites is 3. The highest BCUT2D eigenvalue weighted by Gasteiger charge is 2.25. The Kier molecular flexibility index (Phi) is 13.5. The summed E-state index contributed by atoms with van der Waals surface area (Å²) in [6.45, 7) is 0. The van der Waals surface area contributed by atoms with Crippen LogP contribution < -0.4 is 9.80 Å². The Bertz CT molecular complexity index is 4930. The topological polar surface area (TPSA) is 45.9 Å². The lowest BCUT2D eigenvalue weighted by atomic mass is 9.89. The van der Waals surface area contributed by atoms with Crippen molar-refractivity contribution in [2.24, 2.45) is 0 Å². The maximum atomic E-state index is 6.27. The maximum absolute atomic E-state index is 6.27. The Morgan fingerprint density at radius 3 is 0.764 bits per heavy atom. The third-order valence-corrected chi connectivity index (χ3v) is 16.9. The highest BCUT2D eigenvalue weighted by molar-refractivity contribution is 6.10. The minimum absolute atomic E-state index is 0.846. The lowest BCUT2D eigenvalue weighted by molar-refractivity contribution is 0.669. The standard InChI is InChI=1S/C48H35N.C36H21NO3/c1-6-16-36(17-7-1)39-26-30-44(31-27-39)49(45-32-28-40(29-33-45)37-18-8-2-9-19-37)48-46(41-22-12-4-13-23-41)34-43(38-20-10-3-11-21-38)35-47(48)42-24-14-5-15-25-42;1-4-10-31-25(7-1)28-16-13-22(19-34(28)38-31)37(23-14-17-29-26-8-2-5-11-32(26)39-35(29)20-23)24-15-18-30-27-9-3-6-12-33(27)40-36(30)21-24/h1-35H;1-21H. The predicted molar refractivity (Wildman–Crippen MR) is 371 cm³/mol. The van der Waals surface area contributed by atoms with Crippen LogP contribution in [0.1, 0.15) is 0 Å². The van der Waals surface area contributed by atoms with Crippen molar-refractivity contribution in [3.05, 3.63) is 340 Å². The fourth-order valence-corrected chi connectivity index (χ4v) is 12.6. The van der Waals surface area contributed by atoms with E-state index >= 15 is 0 Å². The van der Waals surface area contributed by atoms with Crippen LogP contribution in [-0.4, -0.2) is 0 Å². The van der Waals surface area contributed by atoms with Gasteiger partial charge in [0.15, 0.2) is 0 Å². The van der Waals surface area contributed by atoms with Gasteiger partial charge in [-0.05, 0) is 136 Å². The van der Waals surface area contributed by atoms with Crippen molar-refractivity contribution in [1.29, 1.82) is 0 Å². The SMILES string of the molecule is c1ccc(-c2ccc(N(c3ccc(-c4ccccc4)cc3)c3c(-c4ccccc4)cc(-c4ccccc4)cc3-c3ccccc3)cc2)cc1.c1ccc2c(c1)oc1cc(N(c3ccc4c(c3)oc3ccccc34)c3ccc4c(c3)oc3ccccc34)ccc12. The quantitative estimate of drug-likeness (QED) is 0.129. The predicted octanol–water partition coefficient (Wildman–Crippen LogP) is 24.3. The van der Waals surface area contributed by atoms with Gasteiger partial charge in [0.25, 0.3) is 0 Å². The summed E-state index contributed by atoms with van der Waals surface area (Å²) >= 11 is 0. The molecular weight excluding hydrogens is 1080 g/mol. The van der Waals surface area contributed by atoms with Crippen LogP contribution in [0.4, 0.5) is 34.1 Å². The number of rotatable bonds is 11. The van der Waals surface area contributed by atoms with E-state index in [0.29, 0.717) is 0 Å². The molecule has 3 aromatic heterocycles. The third-order valence-electron chi connectivity index (χ3n) is 16.9. The smallest absolute Gasteiger partial charge is 0.137 e. The molecule has 0 saturated heterocycles. The molecule has 0 radical (unpaired) electrons. The van der Waals surface area contributed by atoms with Gasteiger partial charge in [0.1, 0.15) is 33.5 Å². The van der Waals surface area contributed by atoms with Crippen LogP contribution in [0.25, 0.3) is 121 Å². The second-order valence-corrected chi connectivity index (χ2v) is 22.4. The first-order valence-electron chi connectivity index (χ1n) is 30.1. The fourth-order valence-electron chi connectivity index (χ4n) is 12.6. The summed E-state index contributed by atoms with van der Waals surface area (Å²) < 4.78 is 18.8. The Morgan fingerprint density at radius 2 is 0.427 bits per heavy atom. The van der Waals surface area contributed by atoms with Crippen molar-refractivity contribution in [1.82, 2.24) is 0 Å². The Labute approximate surface area is 515 Å². The second kappa shape index (κ2) is 22.8. The van der Waals surface area contributed by atoms with Crippen LogP contribution in [0.15, 0.2) is 353 Å². The summed E-state index contributed by atoms with van der Waals surface area (Å²) in [6.07, 6.45) is 0. The number of furan rings is 3. The molecule has 420 valence electrons. The van der Waals surface area contributed by atoms with Crippen LogP contribution in [-0.2, 0) is 0 Å². The molecule has 5 heteroatoms. The zero-order valence-electron chi connectivity index (χ0n) is 48.5. The number of hydrogen-bond acceptors (Lipinski definition) is 5. The maximum Gasteiger partial charge on any atom is 0.137 e. The van der Waals surface area contributed by atoms with Gasteiger partial charge < -0.3 is 23.1 Å². The third kappa shape index (κ3) is 10.0. The van der Waals surface area contributed by atoms with Crippen LogP contribution in [0, 0.1) is 0 Å². The molecule has 0 fully saturated rings. The molecular formula is C84H56N2O3. The molecule has 0 N–H and O–H groups in total. The van der Waals surface area contributed by atoms with Crippen LogP contribution in [0.2, 0.25) is 0 Å². The van der Waals surface area contributed by atoms with E-state index in [1.54, 1.807) is 0 Å². The monoisotopic (exact) mass is 1140 g/mol. The molecule has 0 atom stereocenters. The van der Waals surface area contributed by atoms with Crippen molar-refractivity contribution in [3.63, 3.8) is 0 Å². The van der Waals surface area contributed by atoms with E-state index in [1.807, 2.05) is 54.6 Å². The fraction of sp³-hybridized carbons (Fsp3) is 0. The van der Waals surface area contributed by atoms with E-state index in [-0.39, 0.29) is 0 Å². The molecule has 3 heterocycles. The van der Waals surface area contributed by atoms with E-state index in [4.69, 9.17) is 13.3 Å². The van der Waals surface area contributed by atoms with E-state index in [0.717, 1.165) is 99.9 Å². The van der Waals surface area contributed by atoms with Gasteiger partial charge in [0.2, 0.25) is 0 Å². The summed E-state index contributed by atoms with van der Waals surface area (Å²) in [4.78, 5) is 4.66. The molecule has 89 heavy (non-hydrogen) atoms. The number of hydrogen-bond donors (Lipinski definition) is 0. The number of fused-ring (bicyclic) bond motifs is 9. The van der Waals surface area contributed by atoms with Gasteiger partial charge in [-0.15, -0.1) is 0 Å². The first-order chi connectivity index (χ1) is 44.1. The molecule has 5 nitrogen and oxygen atoms in total. The summed E-state index contributed by atoms with van der Waals surface area (Å²) in [5.41, 5.74) is 23.3. The summed E-state index contributed by atoms with van der Waals surface area (Å²) in [5, 5.41) is 6.63. The van der Waals surface area contributed by atoms with Gasteiger partial charge in [-0.25, -0.2) is 0 Å². The van der Waals surface area contributed by atoms with Gasteiger partial charge in [-0.2, -0.15) is 0 Å². The van der Waals surface area contributed by atoms with Crippen LogP contribution in [0.3, 0.4) is 0 Å². The van der Waals surface area contributed by atoms with E-state index in [2.05, 4.69) is 295 Å². The normalized spacial score (nSPS) is 11.4. The number of benzene rings is 14. The molecule has 0 unspecified atom stereocenters. The van der Waals surface area contributed by atoms with Crippen LogP contribution in [0.5, 0.6) is 0 Å².